The van der Waals surface area contributed by atoms with E-state index in [-0.39, 0.29) is 12.2 Å². The van der Waals surface area contributed by atoms with Crippen molar-refractivity contribution in [3.63, 3.8) is 0 Å². The molecule has 0 aliphatic heterocycles. The summed E-state index contributed by atoms with van der Waals surface area (Å²) < 4.78 is 4.22. The van der Waals surface area contributed by atoms with Gasteiger partial charge in [0, 0.05) is 33.8 Å². The number of nitrogens with zero attached hydrogens (tertiary/aromatic N) is 6. The molecule has 5 aromatic rings. The van der Waals surface area contributed by atoms with Crippen molar-refractivity contribution in [3.05, 3.63) is 91.7 Å². The summed E-state index contributed by atoms with van der Waals surface area (Å²) in [5.41, 5.74) is 4.84. The molecule has 3 heterocycles. The topological polar surface area (TPSA) is 70.0 Å². The number of hydrogen-bond acceptors (Lipinski definition) is 4. The highest BCUT2D eigenvalue weighted by molar-refractivity contribution is 6.31. The predicted molar refractivity (Wildman–Crippen MR) is 130 cm³/mol. The Labute approximate surface area is 203 Å². The lowest BCUT2D eigenvalue weighted by atomic mass is 9.97. The zero-order valence-electron chi connectivity index (χ0n) is 17.6. The molecule has 0 saturated carbocycles. The molecule has 0 atom stereocenters. The van der Waals surface area contributed by atoms with Crippen molar-refractivity contribution >= 4 is 40.4 Å². The molecule has 0 amide bonds. The number of fused-ring (bicyclic) bond motifs is 1. The molecule has 0 spiro atoms. The van der Waals surface area contributed by atoms with Crippen LogP contribution in [-0.2, 0) is 13.6 Å². The average molecular weight is 500 g/mol. The van der Waals surface area contributed by atoms with E-state index in [0.29, 0.717) is 20.8 Å². The molecular weight excluding hydrogens is 483 g/mol. The van der Waals surface area contributed by atoms with Crippen LogP contribution in [0.5, 0.6) is 0 Å². The van der Waals surface area contributed by atoms with Crippen LogP contribution in [0.15, 0.2) is 59.5 Å². The number of hydrogen-bond donors (Lipinski definition) is 0. The Morgan fingerprint density at radius 2 is 1.48 bits per heavy atom. The van der Waals surface area contributed by atoms with Gasteiger partial charge >= 0.3 is 5.69 Å². The van der Waals surface area contributed by atoms with Crippen molar-refractivity contribution < 1.29 is 0 Å². The van der Waals surface area contributed by atoms with Crippen LogP contribution in [0.1, 0.15) is 11.3 Å². The van der Waals surface area contributed by atoms with Crippen molar-refractivity contribution in [3.8, 4) is 22.3 Å². The normalized spacial score (nSPS) is 11.4. The van der Waals surface area contributed by atoms with Crippen molar-refractivity contribution in [2.75, 3.05) is 0 Å². The third kappa shape index (κ3) is 3.82. The summed E-state index contributed by atoms with van der Waals surface area (Å²) >= 11 is 18.6. The fraction of sp³-hybridized carbons (Fsp3) is 0.130. The molecule has 0 saturated heterocycles. The lowest BCUT2D eigenvalue weighted by Gasteiger charge is -2.11. The van der Waals surface area contributed by atoms with Crippen LogP contribution in [-0.4, -0.2) is 29.2 Å². The first-order chi connectivity index (χ1) is 15.8. The number of benzene rings is 2. The fourth-order valence-corrected chi connectivity index (χ4v) is 4.30. The van der Waals surface area contributed by atoms with Crippen LogP contribution in [0.2, 0.25) is 15.2 Å². The maximum absolute atomic E-state index is 13.2. The minimum atomic E-state index is -0.373. The molecule has 0 N–H and O–H groups in total. The van der Waals surface area contributed by atoms with Gasteiger partial charge in [-0.2, -0.15) is 14.7 Å². The highest BCUT2D eigenvalue weighted by atomic mass is 35.5. The van der Waals surface area contributed by atoms with E-state index in [4.69, 9.17) is 34.8 Å². The maximum atomic E-state index is 13.2. The second kappa shape index (κ2) is 8.33. The first-order valence-electron chi connectivity index (χ1n) is 10.0. The van der Waals surface area contributed by atoms with E-state index < -0.39 is 0 Å². The molecule has 0 fully saturated rings. The van der Waals surface area contributed by atoms with E-state index in [2.05, 4.69) is 15.3 Å². The summed E-state index contributed by atoms with van der Waals surface area (Å²) in [6.45, 7) is 2.02. The van der Waals surface area contributed by atoms with Crippen LogP contribution in [0.25, 0.3) is 27.9 Å². The summed E-state index contributed by atoms with van der Waals surface area (Å²) in [6.07, 6.45) is 1.66. The quantitative estimate of drug-likeness (QED) is 0.337. The molecule has 33 heavy (non-hydrogen) atoms. The van der Waals surface area contributed by atoms with E-state index in [0.717, 1.165) is 33.5 Å². The van der Waals surface area contributed by atoms with E-state index in [1.165, 1.54) is 9.20 Å². The summed E-state index contributed by atoms with van der Waals surface area (Å²) in [6, 6.07) is 14.8. The lowest BCUT2D eigenvalue weighted by Crippen LogP contribution is -2.23. The third-order valence-corrected chi connectivity index (χ3v) is 6.46. The van der Waals surface area contributed by atoms with Crippen molar-refractivity contribution in [1.82, 2.24) is 29.2 Å². The second-order valence-corrected chi connectivity index (χ2v) is 8.83. The number of rotatable bonds is 4. The molecular formula is C23H17Cl3N6O. The minimum absolute atomic E-state index is 0.178. The van der Waals surface area contributed by atoms with E-state index in [1.807, 2.05) is 43.3 Å². The molecule has 0 aliphatic carbocycles. The van der Waals surface area contributed by atoms with Gasteiger partial charge in [0.05, 0.1) is 18.4 Å². The van der Waals surface area contributed by atoms with Gasteiger partial charge in [-0.3, -0.25) is 4.68 Å². The van der Waals surface area contributed by atoms with Crippen LogP contribution < -0.4 is 5.69 Å². The molecule has 0 bridgehead atoms. The molecule has 7 nitrogen and oxygen atoms in total. The van der Waals surface area contributed by atoms with E-state index in [1.54, 1.807) is 30.1 Å². The largest absolute Gasteiger partial charge is 0.367 e. The SMILES string of the molecule is Cc1nn(C)c(Cl)c1Cn1nc2c(-c3ccc(Cl)cc3)c(-c3ccc(Cl)cc3)cnn2c1=O. The highest BCUT2D eigenvalue weighted by Gasteiger charge is 2.20. The van der Waals surface area contributed by atoms with Gasteiger partial charge in [-0.05, 0) is 42.3 Å². The van der Waals surface area contributed by atoms with E-state index >= 15 is 0 Å². The summed E-state index contributed by atoms with van der Waals surface area (Å²) in [5.74, 6) is 0. The lowest BCUT2D eigenvalue weighted by molar-refractivity contribution is 0.648. The predicted octanol–water partition coefficient (Wildman–Crippen LogP) is 5.28. The summed E-state index contributed by atoms with van der Waals surface area (Å²) in [7, 11) is 1.75. The molecule has 3 aromatic heterocycles. The Kier molecular flexibility index (Phi) is 5.48. The number of aromatic nitrogens is 6. The van der Waals surface area contributed by atoms with Crippen molar-refractivity contribution in [2.45, 2.75) is 13.5 Å². The Hall–Kier alpha value is -3.13. The highest BCUT2D eigenvalue weighted by Crippen LogP contribution is 2.35. The van der Waals surface area contributed by atoms with E-state index in [9.17, 15) is 4.79 Å². The molecule has 0 unspecified atom stereocenters. The second-order valence-electron chi connectivity index (χ2n) is 7.60. The molecule has 0 aliphatic rings. The smallest absolute Gasteiger partial charge is 0.256 e. The van der Waals surface area contributed by atoms with Gasteiger partial charge in [-0.1, -0.05) is 59.1 Å². The zero-order valence-corrected chi connectivity index (χ0v) is 19.9. The molecule has 2 aromatic carbocycles. The number of halogens is 3. The Morgan fingerprint density at radius 1 is 0.879 bits per heavy atom. The minimum Gasteiger partial charge on any atom is -0.256 e. The molecule has 5 rings (SSSR count). The van der Waals surface area contributed by atoms with Gasteiger partial charge in [0.1, 0.15) is 5.15 Å². The van der Waals surface area contributed by atoms with Gasteiger partial charge in [0.25, 0.3) is 0 Å². The van der Waals surface area contributed by atoms with Crippen LogP contribution in [0.3, 0.4) is 0 Å². The van der Waals surface area contributed by atoms with Gasteiger partial charge < -0.3 is 0 Å². The average Bonchev–Trinajstić information content (AvgIpc) is 3.24. The first kappa shape index (κ1) is 21.7. The third-order valence-electron chi connectivity index (χ3n) is 5.48. The summed E-state index contributed by atoms with van der Waals surface area (Å²) in [5, 5.41) is 15.1. The van der Waals surface area contributed by atoms with Crippen LogP contribution in [0, 0.1) is 6.92 Å². The first-order valence-corrected chi connectivity index (χ1v) is 11.2. The molecule has 10 heteroatoms. The maximum Gasteiger partial charge on any atom is 0.367 e. The number of aryl methyl sites for hydroxylation is 2. The standard InChI is InChI=1S/C23H17Cl3N6O/c1-13-19(21(26)30(2)28-13)12-31-23(33)32-22(29-31)20(15-5-9-17(25)10-6-15)18(11-27-32)14-3-7-16(24)8-4-14/h3-11H,12H2,1-2H3. The van der Waals surface area contributed by atoms with Crippen LogP contribution >= 0.6 is 34.8 Å². The Morgan fingerprint density at radius 3 is 2.06 bits per heavy atom. The fourth-order valence-electron chi connectivity index (χ4n) is 3.82. The summed E-state index contributed by atoms with van der Waals surface area (Å²) in [4.78, 5) is 13.2. The van der Waals surface area contributed by atoms with Gasteiger partial charge in [-0.15, -0.1) is 5.10 Å². The van der Waals surface area contributed by atoms with Gasteiger partial charge in [0.2, 0.25) is 0 Å². The monoisotopic (exact) mass is 498 g/mol. The van der Waals surface area contributed by atoms with Crippen molar-refractivity contribution in [1.29, 1.82) is 0 Å². The van der Waals surface area contributed by atoms with Crippen molar-refractivity contribution in [2.24, 2.45) is 7.05 Å². The van der Waals surface area contributed by atoms with Gasteiger partial charge in [-0.25, -0.2) is 9.48 Å². The van der Waals surface area contributed by atoms with Crippen LogP contribution in [0.4, 0.5) is 0 Å². The Bertz CT molecular complexity index is 1550. The van der Waals surface area contributed by atoms with Gasteiger partial charge in [0.15, 0.2) is 5.65 Å². The molecule has 0 radical (unpaired) electrons. The Balaban J connectivity index is 1.75. The zero-order chi connectivity index (χ0) is 23.3. The molecule has 166 valence electrons.